The van der Waals surface area contributed by atoms with E-state index in [2.05, 4.69) is 49.4 Å². The van der Waals surface area contributed by atoms with Crippen LogP contribution in [0.3, 0.4) is 0 Å². The van der Waals surface area contributed by atoms with Crippen molar-refractivity contribution in [3.63, 3.8) is 0 Å². The van der Waals surface area contributed by atoms with E-state index in [0.29, 0.717) is 35.5 Å². The fourth-order valence-corrected chi connectivity index (χ4v) is 6.36. The van der Waals surface area contributed by atoms with Crippen LogP contribution in [0.4, 0.5) is 4.79 Å². The molecule has 2 aromatic rings. The summed E-state index contributed by atoms with van der Waals surface area (Å²) in [4.78, 5) is 34.7. The lowest BCUT2D eigenvalue weighted by Gasteiger charge is -2.41. The molecule has 0 aromatic carbocycles. The van der Waals surface area contributed by atoms with Crippen molar-refractivity contribution in [1.82, 2.24) is 30.5 Å². The summed E-state index contributed by atoms with van der Waals surface area (Å²) in [5.74, 6) is -0.0989. The van der Waals surface area contributed by atoms with Crippen molar-refractivity contribution in [2.45, 2.75) is 71.5 Å². The number of nitrogens with one attached hydrogen (secondary N) is 2. The van der Waals surface area contributed by atoms with Gasteiger partial charge in [0.1, 0.15) is 5.15 Å². The largest absolute Gasteiger partial charge is 0.352 e. The Morgan fingerprint density at radius 2 is 1.95 bits per heavy atom. The van der Waals surface area contributed by atoms with Crippen molar-refractivity contribution in [3.8, 4) is 0 Å². The standard InChI is InChI=1S/C27H39ClN6O2S/c1-19-16-24(28)30-21(3)25(19)26(35)29-10-6-20(2)32-13-7-23(8-14-32)34(17-22-9-15-37-18-22)27(36)31-33-11-4-5-12-33/h9,15-16,18,20,23H,4-8,10-14,17H2,1-3H3,(H,29,35)(H,31,36)/t20-/m1/s1. The van der Waals surface area contributed by atoms with Gasteiger partial charge in [-0.15, -0.1) is 0 Å². The maximum Gasteiger partial charge on any atom is 0.332 e. The highest BCUT2D eigenvalue weighted by atomic mass is 35.5. The van der Waals surface area contributed by atoms with Crippen LogP contribution in [0.1, 0.15) is 66.2 Å². The van der Waals surface area contributed by atoms with Gasteiger partial charge in [-0.05, 0) is 86.9 Å². The summed E-state index contributed by atoms with van der Waals surface area (Å²) >= 11 is 7.67. The minimum atomic E-state index is -0.0989. The molecule has 202 valence electrons. The molecule has 2 N–H and O–H groups in total. The summed E-state index contributed by atoms with van der Waals surface area (Å²) in [7, 11) is 0. The number of hydrogen-bond donors (Lipinski definition) is 2. The number of carbonyl (C=O) groups is 2. The van der Waals surface area contributed by atoms with E-state index in [1.165, 1.54) is 5.56 Å². The Balaban J connectivity index is 1.27. The molecule has 0 spiro atoms. The molecule has 37 heavy (non-hydrogen) atoms. The van der Waals surface area contributed by atoms with Crippen LogP contribution in [0.15, 0.2) is 22.9 Å². The number of hydrazine groups is 1. The van der Waals surface area contributed by atoms with Crippen molar-refractivity contribution in [2.75, 3.05) is 32.7 Å². The summed E-state index contributed by atoms with van der Waals surface area (Å²) in [6.07, 6.45) is 5.03. The molecule has 0 aliphatic carbocycles. The predicted molar refractivity (Wildman–Crippen MR) is 149 cm³/mol. The van der Waals surface area contributed by atoms with Crippen LogP contribution in [0, 0.1) is 13.8 Å². The number of piperidine rings is 1. The number of likely N-dealkylation sites (tertiary alicyclic amines) is 1. The Morgan fingerprint density at radius 3 is 2.59 bits per heavy atom. The van der Waals surface area contributed by atoms with E-state index in [1.807, 2.05) is 18.7 Å². The molecular weight excluding hydrogens is 508 g/mol. The van der Waals surface area contributed by atoms with E-state index in [4.69, 9.17) is 11.6 Å². The van der Waals surface area contributed by atoms with Crippen molar-refractivity contribution >= 4 is 34.9 Å². The van der Waals surface area contributed by atoms with Crippen molar-refractivity contribution in [2.24, 2.45) is 0 Å². The second-order valence-corrected chi connectivity index (χ2v) is 11.4. The molecule has 8 nitrogen and oxygen atoms in total. The van der Waals surface area contributed by atoms with Gasteiger partial charge >= 0.3 is 6.03 Å². The minimum Gasteiger partial charge on any atom is -0.352 e. The van der Waals surface area contributed by atoms with Crippen molar-refractivity contribution in [3.05, 3.63) is 50.4 Å². The van der Waals surface area contributed by atoms with Crippen LogP contribution in [0.5, 0.6) is 0 Å². The molecule has 2 saturated heterocycles. The van der Waals surface area contributed by atoms with Crippen LogP contribution in [-0.2, 0) is 6.54 Å². The lowest BCUT2D eigenvalue weighted by Crippen LogP contribution is -2.54. The Hall–Kier alpha value is -2.20. The predicted octanol–water partition coefficient (Wildman–Crippen LogP) is 4.61. The highest BCUT2D eigenvalue weighted by Gasteiger charge is 2.31. The van der Waals surface area contributed by atoms with E-state index < -0.39 is 0 Å². The molecule has 0 unspecified atom stereocenters. The van der Waals surface area contributed by atoms with Gasteiger partial charge in [0.05, 0.1) is 11.3 Å². The van der Waals surface area contributed by atoms with Crippen LogP contribution >= 0.6 is 22.9 Å². The highest BCUT2D eigenvalue weighted by molar-refractivity contribution is 7.07. The molecular formula is C27H39ClN6O2S. The fourth-order valence-electron chi connectivity index (χ4n) is 5.41. The Bertz CT molecular complexity index is 1030. The zero-order valence-electron chi connectivity index (χ0n) is 22.1. The van der Waals surface area contributed by atoms with Gasteiger partial charge in [-0.2, -0.15) is 11.3 Å². The molecule has 0 radical (unpaired) electrons. The zero-order valence-corrected chi connectivity index (χ0v) is 23.7. The van der Waals surface area contributed by atoms with Gasteiger partial charge in [0, 0.05) is 51.4 Å². The third-order valence-electron chi connectivity index (χ3n) is 7.56. The maximum atomic E-state index is 13.2. The van der Waals surface area contributed by atoms with Crippen molar-refractivity contribution in [1.29, 1.82) is 0 Å². The SMILES string of the molecule is Cc1cc(Cl)nc(C)c1C(=O)NCC[C@@H](C)N1CCC(N(Cc2ccsc2)C(=O)NN2CCCC2)CC1. The zero-order chi connectivity index (χ0) is 26.4. The monoisotopic (exact) mass is 546 g/mol. The number of urea groups is 1. The number of rotatable bonds is 9. The number of halogens is 1. The van der Waals surface area contributed by atoms with Gasteiger partial charge < -0.3 is 15.1 Å². The first-order chi connectivity index (χ1) is 17.8. The average Bonchev–Trinajstić information content (AvgIpc) is 3.56. The van der Waals surface area contributed by atoms with E-state index in [0.717, 1.165) is 63.8 Å². The first-order valence-electron chi connectivity index (χ1n) is 13.3. The third kappa shape index (κ3) is 7.44. The van der Waals surface area contributed by atoms with E-state index >= 15 is 0 Å². The molecule has 0 saturated carbocycles. The number of nitrogens with zero attached hydrogens (tertiary/aromatic N) is 4. The molecule has 2 aliphatic rings. The quantitative estimate of drug-likeness (QED) is 0.449. The van der Waals surface area contributed by atoms with Crippen molar-refractivity contribution < 1.29 is 9.59 Å². The summed E-state index contributed by atoms with van der Waals surface area (Å²) in [6, 6.07) is 4.41. The van der Waals surface area contributed by atoms with Gasteiger partial charge in [0.25, 0.3) is 5.91 Å². The first-order valence-corrected chi connectivity index (χ1v) is 14.6. The molecule has 4 heterocycles. The maximum absolute atomic E-state index is 13.2. The molecule has 3 amide bonds. The van der Waals surface area contributed by atoms with E-state index in [-0.39, 0.29) is 18.0 Å². The first kappa shape index (κ1) is 27.8. The second-order valence-electron chi connectivity index (χ2n) is 10.3. The van der Waals surface area contributed by atoms with Crippen LogP contribution in [0.25, 0.3) is 0 Å². The van der Waals surface area contributed by atoms with Gasteiger partial charge in [-0.25, -0.2) is 14.8 Å². The van der Waals surface area contributed by atoms with E-state index in [9.17, 15) is 9.59 Å². The number of pyridine rings is 1. The van der Waals surface area contributed by atoms with Gasteiger partial charge in [0.2, 0.25) is 0 Å². The molecule has 2 fully saturated rings. The molecule has 4 rings (SSSR count). The third-order valence-corrected chi connectivity index (χ3v) is 8.48. The molecule has 2 aromatic heterocycles. The Morgan fingerprint density at radius 1 is 1.22 bits per heavy atom. The molecule has 0 bridgehead atoms. The summed E-state index contributed by atoms with van der Waals surface area (Å²) < 4.78 is 0. The fraction of sp³-hybridized carbons (Fsp3) is 0.593. The molecule has 10 heteroatoms. The van der Waals surface area contributed by atoms with Crippen LogP contribution in [-0.4, -0.2) is 76.5 Å². The smallest absolute Gasteiger partial charge is 0.332 e. The Labute approximate surface area is 229 Å². The number of thiophene rings is 1. The second kappa shape index (κ2) is 13.0. The number of aromatic nitrogens is 1. The summed E-state index contributed by atoms with van der Waals surface area (Å²) in [5.41, 5.74) is 6.43. The van der Waals surface area contributed by atoms with Gasteiger partial charge in [-0.1, -0.05) is 11.6 Å². The Kier molecular flexibility index (Phi) is 9.81. The summed E-state index contributed by atoms with van der Waals surface area (Å²) in [5, 5.41) is 9.72. The van der Waals surface area contributed by atoms with Gasteiger partial charge in [0.15, 0.2) is 0 Å². The topological polar surface area (TPSA) is 80.8 Å². The van der Waals surface area contributed by atoms with Crippen LogP contribution < -0.4 is 10.7 Å². The van der Waals surface area contributed by atoms with Crippen LogP contribution in [0.2, 0.25) is 5.15 Å². The lowest BCUT2D eigenvalue weighted by atomic mass is 10.0. The number of carbonyl (C=O) groups excluding carboxylic acids is 2. The number of amides is 3. The number of aryl methyl sites for hydroxylation is 2. The normalized spacial score (nSPS) is 18.1. The molecule has 2 aliphatic heterocycles. The van der Waals surface area contributed by atoms with Gasteiger partial charge in [-0.3, -0.25) is 10.2 Å². The van der Waals surface area contributed by atoms with E-state index in [1.54, 1.807) is 17.4 Å². The molecule has 1 atom stereocenters. The summed E-state index contributed by atoms with van der Waals surface area (Å²) in [6.45, 7) is 10.9. The highest BCUT2D eigenvalue weighted by Crippen LogP contribution is 2.23. The average molecular weight is 547 g/mol. The minimum absolute atomic E-state index is 0.0181. The lowest BCUT2D eigenvalue weighted by molar-refractivity contribution is 0.0840. The number of hydrogen-bond acceptors (Lipinski definition) is 6.